The number of para-hydroxylation sites is 2. The predicted molar refractivity (Wildman–Crippen MR) is 117 cm³/mol. The molecule has 1 aromatic heterocycles. The first-order valence-electron chi connectivity index (χ1n) is 8.79. The van der Waals surface area contributed by atoms with Crippen LogP contribution in [0.1, 0.15) is 11.1 Å². The number of imidazole rings is 1. The Labute approximate surface area is 163 Å². The van der Waals surface area contributed by atoms with Gasteiger partial charge in [0, 0.05) is 16.9 Å². The van der Waals surface area contributed by atoms with Crippen LogP contribution in [-0.4, -0.2) is 15.1 Å². The zero-order chi connectivity index (χ0) is 18.8. The highest BCUT2D eigenvalue weighted by molar-refractivity contribution is 7.80. The molecule has 3 aromatic carbocycles. The van der Waals surface area contributed by atoms with Gasteiger partial charge in [0.15, 0.2) is 5.11 Å². The Morgan fingerprint density at radius 2 is 1.67 bits per heavy atom. The zero-order valence-corrected chi connectivity index (χ0v) is 16.0. The largest absolute Gasteiger partial charge is 0.338 e. The second kappa shape index (κ2) is 7.21. The van der Waals surface area contributed by atoms with Crippen LogP contribution < -0.4 is 10.6 Å². The third kappa shape index (κ3) is 3.68. The van der Waals surface area contributed by atoms with E-state index in [4.69, 9.17) is 12.2 Å². The number of aryl methyl sites for hydroxylation is 1. The van der Waals surface area contributed by atoms with E-state index in [-0.39, 0.29) is 0 Å². The first kappa shape index (κ1) is 17.2. The summed E-state index contributed by atoms with van der Waals surface area (Å²) in [7, 11) is 0. The van der Waals surface area contributed by atoms with Crippen LogP contribution in [0.3, 0.4) is 0 Å². The van der Waals surface area contributed by atoms with Gasteiger partial charge in [-0.2, -0.15) is 0 Å². The van der Waals surface area contributed by atoms with Crippen LogP contribution in [0.2, 0.25) is 0 Å². The maximum atomic E-state index is 5.45. The molecule has 0 radical (unpaired) electrons. The lowest BCUT2D eigenvalue weighted by atomic mass is 10.1. The summed E-state index contributed by atoms with van der Waals surface area (Å²) in [5, 5.41) is 7.07. The van der Waals surface area contributed by atoms with Gasteiger partial charge in [-0.15, -0.1) is 0 Å². The lowest BCUT2D eigenvalue weighted by Crippen LogP contribution is -2.19. The van der Waals surface area contributed by atoms with Crippen LogP contribution in [0.25, 0.3) is 22.4 Å². The summed E-state index contributed by atoms with van der Waals surface area (Å²) in [6.45, 7) is 4.18. The van der Waals surface area contributed by atoms with Crippen molar-refractivity contribution in [2.75, 3.05) is 10.6 Å². The van der Waals surface area contributed by atoms with Gasteiger partial charge in [0.1, 0.15) is 5.82 Å². The fraction of sp³-hybridized carbons (Fsp3) is 0.0909. The molecule has 0 bridgehead atoms. The quantitative estimate of drug-likeness (QED) is 0.406. The third-order valence-electron chi connectivity index (χ3n) is 4.66. The third-order valence-corrected chi connectivity index (χ3v) is 4.86. The minimum Gasteiger partial charge on any atom is -0.338 e. The van der Waals surface area contributed by atoms with Gasteiger partial charge in [-0.25, -0.2) is 4.98 Å². The number of benzene rings is 3. The Kier molecular flexibility index (Phi) is 4.60. The molecule has 3 N–H and O–H groups in total. The molecule has 0 fully saturated rings. The Morgan fingerprint density at radius 1 is 0.889 bits per heavy atom. The lowest BCUT2D eigenvalue weighted by Gasteiger charge is -2.14. The van der Waals surface area contributed by atoms with Gasteiger partial charge in [0.25, 0.3) is 0 Å². The van der Waals surface area contributed by atoms with Crippen LogP contribution >= 0.6 is 12.2 Å². The second-order valence-electron chi connectivity index (χ2n) is 6.51. The smallest absolute Gasteiger partial charge is 0.175 e. The Bertz CT molecular complexity index is 1080. The Morgan fingerprint density at radius 3 is 2.44 bits per heavy atom. The summed E-state index contributed by atoms with van der Waals surface area (Å²) >= 11 is 5.45. The Balaban J connectivity index is 1.47. The van der Waals surface area contributed by atoms with Gasteiger partial charge in [0.2, 0.25) is 0 Å². The molecule has 1 heterocycles. The highest BCUT2D eigenvalue weighted by Crippen LogP contribution is 2.22. The van der Waals surface area contributed by atoms with Crippen LogP contribution in [0, 0.1) is 13.8 Å². The SMILES string of the molecule is Cc1cccc(NC(=S)Nc2ccc(-c3nc4ccccc4[nH]3)cc2)c1C. The van der Waals surface area contributed by atoms with Crippen LogP contribution in [0.5, 0.6) is 0 Å². The van der Waals surface area contributed by atoms with Crippen LogP contribution in [0.15, 0.2) is 66.7 Å². The van der Waals surface area contributed by atoms with Gasteiger partial charge in [-0.3, -0.25) is 0 Å². The van der Waals surface area contributed by atoms with E-state index in [0.29, 0.717) is 5.11 Å². The first-order chi connectivity index (χ1) is 13.1. The van der Waals surface area contributed by atoms with Crippen molar-refractivity contribution in [1.82, 2.24) is 9.97 Å². The number of fused-ring (bicyclic) bond motifs is 1. The lowest BCUT2D eigenvalue weighted by molar-refractivity contribution is 1.33. The van der Waals surface area contributed by atoms with E-state index in [9.17, 15) is 0 Å². The molecule has 0 atom stereocenters. The van der Waals surface area contributed by atoms with Crippen molar-refractivity contribution in [3.63, 3.8) is 0 Å². The van der Waals surface area contributed by atoms with Crippen LogP contribution in [-0.2, 0) is 0 Å². The molecule has 5 heteroatoms. The van der Waals surface area contributed by atoms with Crippen molar-refractivity contribution >= 4 is 39.7 Å². The van der Waals surface area contributed by atoms with Gasteiger partial charge in [0.05, 0.1) is 11.0 Å². The number of hydrogen-bond acceptors (Lipinski definition) is 2. The van der Waals surface area contributed by atoms with E-state index in [0.717, 1.165) is 33.8 Å². The number of aromatic amines is 1. The topological polar surface area (TPSA) is 52.7 Å². The van der Waals surface area contributed by atoms with E-state index in [2.05, 4.69) is 40.5 Å². The van der Waals surface area contributed by atoms with Crippen molar-refractivity contribution < 1.29 is 0 Å². The standard InChI is InChI=1S/C22H20N4S/c1-14-6-5-9-18(15(14)2)26-22(27)23-17-12-10-16(11-13-17)21-24-19-7-3-4-8-20(19)25-21/h3-13H,1-2H3,(H,24,25)(H2,23,26,27). The van der Waals surface area contributed by atoms with E-state index in [1.165, 1.54) is 11.1 Å². The van der Waals surface area contributed by atoms with Crippen molar-refractivity contribution in [3.8, 4) is 11.4 Å². The number of aromatic nitrogens is 2. The molecule has 0 saturated carbocycles. The van der Waals surface area contributed by atoms with E-state index >= 15 is 0 Å². The molecule has 27 heavy (non-hydrogen) atoms. The molecular formula is C22H20N4S. The average Bonchev–Trinajstić information content (AvgIpc) is 3.10. The normalized spacial score (nSPS) is 10.7. The number of anilines is 2. The first-order valence-corrected chi connectivity index (χ1v) is 9.20. The number of rotatable bonds is 3. The zero-order valence-electron chi connectivity index (χ0n) is 15.2. The summed E-state index contributed by atoms with van der Waals surface area (Å²) in [6, 6.07) is 22.2. The molecule has 0 spiro atoms. The fourth-order valence-electron chi connectivity index (χ4n) is 2.97. The molecule has 4 nitrogen and oxygen atoms in total. The molecule has 0 aliphatic carbocycles. The molecule has 134 valence electrons. The number of nitrogens with one attached hydrogen (secondary N) is 3. The van der Waals surface area contributed by atoms with E-state index in [1.54, 1.807) is 0 Å². The molecular weight excluding hydrogens is 352 g/mol. The molecule has 4 aromatic rings. The summed E-state index contributed by atoms with van der Waals surface area (Å²) < 4.78 is 0. The van der Waals surface area contributed by atoms with Crippen molar-refractivity contribution in [2.24, 2.45) is 0 Å². The highest BCUT2D eigenvalue weighted by Gasteiger charge is 2.06. The molecule has 4 rings (SSSR count). The molecule has 0 unspecified atom stereocenters. The monoisotopic (exact) mass is 372 g/mol. The molecule has 0 saturated heterocycles. The number of thiocarbonyl (C=S) groups is 1. The molecule has 0 aliphatic rings. The van der Waals surface area contributed by atoms with Gasteiger partial charge in [-0.1, -0.05) is 24.3 Å². The van der Waals surface area contributed by atoms with Crippen molar-refractivity contribution in [1.29, 1.82) is 0 Å². The predicted octanol–water partition coefficient (Wildman–Crippen LogP) is 5.66. The molecule has 0 aliphatic heterocycles. The van der Waals surface area contributed by atoms with E-state index in [1.807, 2.05) is 60.7 Å². The van der Waals surface area contributed by atoms with Crippen LogP contribution in [0.4, 0.5) is 11.4 Å². The number of nitrogens with zero attached hydrogens (tertiary/aromatic N) is 1. The summed E-state index contributed by atoms with van der Waals surface area (Å²) in [6.07, 6.45) is 0. The average molecular weight is 372 g/mol. The van der Waals surface area contributed by atoms with Gasteiger partial charge >= 0.3 is 0 Å². The van der Waals surface area contributed by atoms with Crippen molar-refractivity contribution in [2.45, 2.75) is 13.8 Å². The van der Waals surface area contributed by atoms with Gasteiger partial charge < -0.3 is 15.6 Å². The minimum absolute atomic E-state index is 0.570. The fourth-order valence-corrected chi connectivity index (χ4v) is 3.20. The van der Waals surface area contributed by atoms with Crippen molar-refractivity contribution in [3.05, 3.63) is 77.9 Å². The number of H-pyrrole nitrogens is 1. The summed E-state index contributed by atoms with van der Waals surface area (Å²) in [5.74, 6) is 0.860. The highest BCUT2D eigenvalue weighted by atomic mass is 32.1. The van der Waals surface area contributed by atoms with E-state index < -0.39 is 0 Å². The Hall–Kier alpha value is -3.18. The van der Waals surface area contributed by atoms with Gasteiger partial charge in [-0.05, 0) is 79.7 Å². The summed E-state index contributed by atoms with van der Waals surface area (Å²) in [5.41, 5.74) is 7.41. The maximum absolute atomic E-state index is 5.45. The maximum Gasteiger partial charge on any atom is 0.175 e. The minimum atomic E-state index is 0.570. The molecule has 0 amide bonds. The second-order valence-corrected chi connectivity index (χ2v) is 6.91. The number of hydrogen-bond donors (Lipinski definition) is 3. The summed E-state index contributed by atoms with van der Waals surface area (Å²) in [4.78, 5) is 7.98.